The van der Waals surface area contributed by atoms with Gasteiger partial charge in [0.25, 0.3) is 0 Å². The highest BCUT2D eigenvalue weighted by Crippen LogP contribution is 2.25. The SMILES string of the molecule is Cc1cccc(CCC(=O)Nc2cnc(N3CCCCC3)nc2N(C)C)c1. The van der Waals surface area contributed by atoms with Crippen LogP contribution in [0.5, 0.6) is 0 Å². The number of aryl methyl sites for hydroxylation is 2. The van der Waals surface area contributed by atoms with Crippen molar-refractivity contribution in [1.82, 2.24) is 9.97 Å². The molecule has 2 aromatic rings. The first-order valence-electron chi connectivity index (χ1n) is 9.67. The van der Waals surface area contributed by atoms with Gasteiger partial charge < -0.3 is 15.1 Å². The second kappa shape index (κ2) is 8.84. The lowest BCUT2D eigenvalue weighted by Gasteiger charge is -2.28. The van der Waals surface area contributed by atoms with Crippen molar-refractivity contribution in [2.45, 2.75) is 39.0 Å². The zero-order chi connectivity index (χ0) is 19.2. The summed E-state index contributed by atoms with van der Waals surface area (Å²) < 4.78 is 0. The Morgan fingerprint density at radius 2 is 2.00 bits per heavy atom. The minimum absolute atomic E-state index is 0.0195. The Morgan fingerprint density at radius 3 is 2.70 bits per heavy atom. The van der Waals surface area contributed by atoms with E-state index in [2.05, 4.69) is 40.3 Å². The summed E-state index contributed by atoms with van der Waals surface area (Å²) in [6, 6.07) is 8.27. The molecule has 1 aromatic heterocycles. The number of carbonyl (C=O) groups is 1. The quantitative estimate of drug-likeness (QED) is 0.848. The van der Waals surface area contributed by atoms with E-state index in [1.165, 1.54) is 30.4 Å². The lowest BCUT2D eigenvalue weighted by molar-refractivity contribution is -0.116. The molecule has 1 aromatic carbocycles. The molecule has 3 rings (SSSR count). The van der Waals surface area contributed by atoms with Crippen LogP contribution in [-0.4, -0.2) is 43.1 Å². The largest absolute Gasteiger partial charge is 0.361 e. The van der Waals surface area contributed by atoms with Gasteiger partial charge in [-0.05, 0) is 38.2 Å². The van der Waals surface area contributed by atoms with Gasteiger partial charge in [-0.1, -0.05) is 29.8 Å². The van der Waals surface area contributed by atoms with E-state index in [-0.39, 0.29) is 5.91 Å². The van der Waals surface area contributed by atoms with Crippen LogP contribution in [0.25, 0.3) is 0 Å². The Morgan fingerprint density at radius 1 is 1.22 bits per heavy atom. The molecule has 0 unspecified atom stereocenters. The first-order valence-corrected chi connectivity index (χ1v) is 9.67. The molecule has 0 atom stereocenters. The fourth-order valence-electron chi connectivity index (χ4n) is 3.38. The molecule has 1 aliphatic rings. The van der Waals surface area contributed by atoms with E-state index in [0.29, 0.717) is 12.1 Å². The Hall–Kier alpha value is -2.63. The molecule has 6 nitrogen and oxygen atoms in total. The van der Waals surface area contributed by atoms with Crippen LogP contribution < -0.4 is 15.1 Å². The topological polar surface area (TPSA) is 61.4 Å². The average molecular weight is 367 g/mol. The van der Waals surface area contributed by atoms with Gasteiger partial charge in [0, 0.05) is 33.6 Å². The fraction of sp³-hybridized carbons (Fsp3) is 0.476. The molecular weight excluding hydrogens is 338 g/mol. The lowest BCUT2D eigenvalue weighted by atomic mass is 10.1. The van der Waals surface area contributed by atoms with Gasteiger partial charge in [-0.3, -0.25) is 4.79 Å². The van der Waals surface area contributed by atoms with Crippen LogP contribution in [0.4, 0.5) is 17.5 Å². The van der Waals surface area contributed by atoms with E-state index in [4.69, 9.17) is 4.98 Å². The van der Waals surface area contributed by atoms with Crippen molar-refractivity contribution >= 4 is 23.4 Å². The molecule has 144 valence electrons. The van der Waals surface area contributed by atoms with E-state index in [0.717, 1.165) is 31.3 Å². The molecule has 6 heteroatoms. The van der Waals surface area contributed by atoms with Gasteiger partial charge in [0.2, 0.25) is 11.9 Å². The summed E-state index contributed by atoms with van der Waals surface area (Å²) in [6.45, 7) is 4.05. The van der Waals surface area contributed by atoms with Crippen molar-refractivity contribution in [2.24, 2.45) is 0 Å². The van der Waals surface area contributed by atoms with Crippen LogP contribution in [0.1, 0.15) is 36.8 Å². The van der Waals surface area contributed by atoms with Crippen LogP contribution in [-0.2, 0) is 11.2 Å². The number of nitrogens with zero attached hydrogens (tertiary/aromatic N) is 4. The van der Waals surface area contributed by atoms with Crippen molar-refractivity contribution in [3.05, 3.63) is 41.6 Å². The molecule has 1 amide bonds. The molecule has 27 heavy (non-hydrogen) atoms. The summed E-state index contributed by atoms with van der Waals surface area (Å²) in [6.07, 6.45) is 6.51. The van der Waals surface area contributed by atoms with Gasteiger partial charge in [0.05, 0.1) is 6.20 Å². The maximum absolute atomic E-state index is 12.4. The second-order valence-corrected chi connectivity index (χ2v) is 7.39. The van der Waals surface area contributed by atoms with Crippen molar-refractivity contribution in [3.8, 4) is 0 Å². The highest BCUT2D eigenvalue weighted by Gasteiger charge is 2.17. The standard InChI is InChI=1S/C21H29N5O/c1-16-8-7-9-17(14-16)10-11-19(27)23-18-15-22-21(24-20(18)25(2)3)26-12-5-4-6-13-26/h7-9,14-15H,4-6,10-13H2,1-3H3,(H,23,27). The van der Waals surface area contributed by atoms with Gasteiger partial charge in [-0.2, -0.15) is 4.98 Å². The first kappa shape index (κ1) is 19.1. The minimum atomic E-state index is -0.0195. The lowest BCUT2D eigenvalue weighted by Crippen LogP contribution is -2.31. The summed E-state index contributed by atoms with van der Waals surface area (Å²) in [7, 11) is 3.87. The zero-order valence-corrected chi connectivity index (χ0v) is 16.5. The Labute approximate surface area is 161 Å². The van der Waals surface area contributed by atoms with Crippen LogP contribution in [0.15, 0.2) is 30.5 Å². The highest BCUT2D eigenvalue weighted by molar-refractivity contribution is 5.93. The van der Waals surface area contributed by atoms with Crippen LogP contribution >= 0.6 is 0 Å². The van der Waals surface area contributed by atoms with E-state index >= 15 is 0 Å². The number of benzene rings is 1. The number of hydrogen-bond acceptors (Lipinski definition) is 5. The highest BCUT2D eigenvalue weighted by atomic mass is 16.1. The van der Waals surface area contributed by atoms with Crippen LogP contribution in [0, 0.1) is 6.92 Å². The third kappa shape index (κ3) is 5.18. The van der Waals surface area contributed by atoms with Crippen molar-refractivity contribution in [1.29, 1.82) is 0 Å². The zero-order valence-electron chi connectivity index (χ0n) is 16.5. The van der Waals surface area contributed by atoms with E-state index < -0.39 is 0 Å². The Bertz CT molecular complexity index is 784. The van der Waals surface area contributed by atoms with Gasteiger partial charge in [0.1, 0.15) is 5.69 Å². The molecule has 2 heterocycles. The molecule has 1 aliphatic heterocycles. The first-order chi connectivity index (χ1) is 13.0. The maximum atomic E-state index is 12.4. The smallest absolute Gasteiger partial charge is 0.227 e. The number of amides is 1. The molecule has 1 saturated heterocycles. The third-order valence-corrected chi connectivity index (χ3v) is 4.82. The molecule has 0 spiro atoms. The van der Waals surface area contributed by atoms with Gasteiger partial charge in [0.15, 0.2) is 5.82 Å². The summed E-state index contributed by atoms with van der Waals surface area (Å²) in [5.74, 6) is 1.47. The normalized spacial score (nSPS) is 14.1. The predicted octanol–water partition coefficient (Wildman–Crippen LogP) is 3.41. The summed E-state index contributed by atoms with van der Waals surface area (Å²) in [5.41, 5.74) is 3.05. The van der Waals surface area contributed by atoms with Crippen molar-refractivity contribution in [3.63, 3.8) is 0 Å². The number of nitrogens with one attached hydrogen (secondary N) is 1. The third-order valence-electron chi connectivity index (χ3n) is 4.82. The predicted molar refractivity (Wildman–Crippen MR) is 111 cm³/mol. The summed E-state index contributed by atoms with van der Waals surface area (Å²) in [5, 5.41) is 2.98. The summed E-state index contributed by atoms with van der Waals surface area (Å²) in [4.78, 5) is 25.8. The molecule has 0 aliphatic carbocycles. The van der Waals surface area contributed by atoms with Crippen LogP contribution in [0.2, 0.25) is 0 Å². The van der Waals surface area contributed by atoms with E-state index in [9.17, 15) is 4.79 Å². The van der Waals surface area contributed by atoms with Gasteiger partial charge in [-0.15, -0.1) is 0 Å². The number of aromatic nitrogens is 2. The number of hydrogen-bond donors (Lipinski definition) is 1. The van der Waals surface area contributed by atoms with Gasteiger partial charge in [-0.25, -0.2) is 4.98 Å². The fourth-order valence-corrected chi connectivity index (χ4v) is 3.38. The maximum Gasteiger partial charge on any atom is 0.227 e. The molecular formula is C21H29N5O. The van der Waals surface area contributed by atoms with Gasteiger partial charge >= 0.3 is 0 Å². The van der Waals surface area contributed by atoms with Crippen molar-refractivity contribution < 1.29 is 4.79 Å². The number of rotatable bonds is 6. The Kier molecular flexibility index (Phi) is 6.27. The molecule has 0 saturated carbocycles. The Balaban J connectivity index is 1.66. The summed E-state index contributed by atoms with van der Waals surface area (Å²) >= 11 is 0. The molecule has 0 radical (unpaired) electrons. The monoisotopic (exact) mass is 367 g/mol. The average Bonchev–Trinajstić information content (AvgIpc) is 2.67. The molecule has 1 fully saturated rings. The van der Waals surface area contributed by atoms with E-state index in [1.807, 2.05) is 25.1 Å². The number of piperidine rings is 1. The minimum Gasteiger partial charge on any atom is -0.361 e. The van der Waals surface area contributed by atoms with Crippen molar-refractivity contribution in [2.75, 3.05) is 42.3 Å². The number of anilines is 3. The van der Waals surface area contributed by atoms with E-state index in [1.54, 1.807) is 6.20 Å². The number of carbonyl (C=O) groups excluding carboxylic acids is 1. The molecule has 1 N–H and O–H groups in total. The molecule has 0 bridgehead atoms. The van der Waals surface area contributed by atoms with Crippen LogP contribution in [0.3, 0.4) is 0 Å². The second-order valence-electron chi connectivity index (χ2n) is 7.39.